The summed E-state index contributed by atoms with van der Waals surface area (Å²) >= 11 is 0. The third kappa shape index (κ3) is 2.65. The van der Waals surface area contributed by atoms with E-state index in [4.69, 9.17) is 5.73 Å². The van der Waals surface area contributed by atoms with Crippen molar-refractivity contribution >= 4 is 10.2 Å². The van der Waals surface area contributed by atoms with E-state index in [0.717, 1.165) is 25.7 Å². The molecule has 0 spiro atoms. The lowest BCUT2D eigenvalue weighted by atomic mass is 10.0. The van der Waals surface area contributed by atoms with E-state index in [2.05, 4.69) is 6.92 Å². The van der Waals surface area contributed by atoms with Gasteiger partial charge in [0.25, 0.3) is 10.2 Å². The minimum absolute atomic E-state index is 0.0113. The molecule has 0 aromatic heterocycles. The number of nitrogens with zero attached hydrogens (tertiary/aromatic N) is 2. The quantitative estimate of drug-likeness (QED) is 0.799. The zero-order valence-corrected chi connectivity index (χ0v) is 11.3. The van der Waals surface area contributed by atoms with E-state index in [-0.39, 0.29) is 6.04 Å². The van der Waals surface area contributed by atoms with E-state index in [9.17, 15) is 8.42 Å². The van der Waals surface area contributed by atoms with Gasteiger partial charge in [-0.1, -0.05) is 6.92 Å². The highest BCUT2D eigenvalue weighted by molar-refractivity contribution is 7.86. The van der Waals surface area contributed by atoms with Crippen molar-refractivity contribution in [2.45, 2.75) is 38.6 Å². The molecule has 2 N–H and O–H groups in total. The van der Waals surface area contributed by atoms with Gasteiger partial charge in [0.15, 0.2) is 0 Å². The van der Waals surface area contributed by atoms with Crippen LogP contribution in [0, 0.1) is 5.92 Å². The average Bonchev–Trinajstić information content (AvgIpc) is 2.77. The van der Waals surface area contributed by atoms with Crippen LogP contribution in [0.4, 0.5) is 0 Å². The molecule has 2 aliphatic rings. The summed E-state index contributed by atoms with van der Waals surface area (Å²) < 4.78 is 28.3. The fourth-order valence-electron chi connectivity index (χ4n) is 2.85. The Hall–Kier alpha value is -0.170. The van der Waals surface area contributed by atoms with Crippen LogP contribution in [0.5, 0.6) is 0 Å². The molecule has 100 valence electrons. The average molecular weight is 261 g/mol. The Morgan fingerprint density at radius 2 is 1.94 bits per heavy atom. The molecule has 0 aromatic rings. The molecule has 2 aliphatic heterocycles. The minimum Gasteiger partial charge on any atom is -0.329 e. The van der Waals surface area contributed by atoms with Crippen molar-refractivity contribution < 1.29 is 8.42 Å². The highest BCUT2D eigenvalue weighted by Gasteiger charge is 2.38. The Balaban J connectivity index is 2.12. The zero-order chi connectivity index (χ0) is 12.5. The third-order valence-corrected chi connectivity index (χ3v) is 5.90. The van der Waals surface area contributed by atoms with Crippen LogP contribution in [0.3, 0.4) is 0 Å². The van der Waals surface area contributed by atoms with Gasteiger partial charge in [-0.2, -0.15) is 17.0 Å². The molecular formula is C11H23N3O2S. The van der Waals surface area contributed by atoms with Crippen molar-refractivity contribution in [2.24, 2.45) is 11.7 Å². The summed E-state index contributed by atoms with van der Waals surface area (Å²) in [4.78, 5) is 0. The van der Waals surface area contributed by atoms with Gasteiger partial charge in [0.1, 0.15) is 0 Å². The van der Waals surface area contributed by atoms with Crippen LogP contribution in [0.25, 0.3) is 0 Å². The molecule has 5 nitrogen and oxygen atoms in total. The second-order valence-corrected chi connectivity index (χ2v) is 7.14. The lowest BCUT2D eigenvalue weighted by molar-refractivity contribution is 0.254. The van der Waals surface area contributed by atoms with Crippen LogP contribution in [-0.4, -0.2) is 49.2 Å². The first-order chi connectivity index (χ1) is 8.05. The van der Waals surface area contributed by atoms with E-state index in [0.29, 0.717) is 32.1 Å². The van der Waals surface area contributed by atoms with Crippen LogP contribution in [-0.2, 0) is 10.2 Å². The first-order valence-electron chi connectivity index (χ1n) is 6.52. The summed E-state index contributed by atoms with van der Waals surface area (Å²) in [5.41, 5.74) is 5.65. The first kappa shape index (κ1) is 13.3. The molecule has 2 saturated heterocycles. The summed E-state index contributed by atoms with van der Waals surface area (Å²) in [6.07, 6.45) is 3.94. The molecule has 0 unspecified atom stereocenters. The summed E-state index contributed by atoms with van der Waals surface area (Å²) in [7, 11) is -3.27. The lowest BCUT2D eigenvalue weighted by Crippen LogP contribution is -2.50. The predicted octanol–water partition coefficient (Wildman–Crippen LogP) is 0.386. The van der Waals surface area contributed by atoms with Crippen molar-refractivity contribution in [2.75, 3.05) is 26.2 Å². The standard InChI is InChI=1S/C11H23N3O2S/c1-10-4-2-6-13(9-10)17(15,16)14-7-3-5-11(14)8-12/h10-11H,2-9,12H2,1H3/t10-,11+/m0/s1. The number of nitrogens with two attached hydrogens (primary N) is 1. The summed E-state index contributed by atoms with van der Waals surface area (Å²) in [5.74, 6) is 0.470. The molecule has 17 heavy (non-hydrogen) atoms. The number of hydrogen-bond donors (Lipinski definition) is 1. The molecule has 2 heterocycles. The number of rotatable bonds is 3. The van der Waals surface area contributed by atoms with Gasteiger partial charge in [-0.15, -0.1) is 0 Å². The second-order valence-electron chi connectivity index (χ2n) is 5.26. The molecule has 2 rings (SSSR count). The molecule has 0 saturated carbocycles. The van der Waals surface area contributed by atoms with Crippen molar-refractivity contribution in [3.05, 3.63) is 0 Å². The highest BCUT2D eigenvalue weighted by Crippen LogP contribution is 2.26. The fourth-order valence-corrected chi connectivity index (χ4v) is 4.88. The molecule has 0 amide bonds. The van der Waals surface area contributed by atoms with E-state index < -0.39 is 10.2 Å². The summed E-state index contributed by atoms with van der Waals surface area (Å²) in [6, 6.07) is 0.0113. The minimum atomic E-state index is -3.27. The fraction of sp³-hybridized carbons (Fsp3) is 1.00. The monoisotopic (exact) mass is 261 g/mol. The largest absolute Gasteiger partial charge is 0.329 e. The van der Waals surface area contributed by atoms with Crippen molar-refractivity contribution in [3.8, 4) is 0 Å². The van der Waals surface area contributed by atoms with Gasteiger partial charge in [0, 0.05) is 32.2 Å². The maximum atomic E-state index is 12.5. The van der Waals surface area contributed by atoms with Crippen molar-refractivity contribution in [1.82, 2.24) is 8.61 Å². The Kier molecular flexibility index (Phi) is 4.07. The van der Waals surface area contributed by atoms with E-state index in [1.54, 1.807) is 8.61 Å². The second kappa shape index (κ2) is 5.22. The molecular weight excluding hydrogens is 238 g/mol. The maximum Gasteiger partial charge on any atom is 0.282 e. The molecule has 0 bridgehead atoms. The Morgan fingerprint density at radius 1 is 1.24 bits per heavy atom. The first-order valence-corrected chi connectivity index (χ1v) is 7.92. The smallest absolute Gasteiger partial charge is 0.282 e. The van der Waals surface area contributed by atoms with E-state index in [1.165, 1.54) is 0 Å². The highest BCUT2D eigenvalue weighted by atomic mass is 32.2. The summed E-state index contributed by atoms with van der Waals surface area (Å²) in [5, 5.41) is 0. The van der Waals surface area contributed by atoms with Gasteiger partial charge in [0.2, 0.25) is 0 Å². The molecule has 0 aromatic carbocycles. The van der Waals surface area contributed by atoms with Crippen LogP contribution in [0.15, 0.2) is 0 Å². The third-order valence-electron chi connectivity index (χ3n) is 3.84. The molecule has 6 heteroatoms. The van der Waals surface area contributed by atoms with Gasteiger partial charge in [-0.05, 0) is 31.6 Å². The number of hydrogen-bond acceptors (Lipinski definition) is 3. The zero-order valence-electron chi connectivity index (χ0n) is 10.5. The topological polar surface area (TPSA) is 66.6 Å². The van der Waals surface area contributed by atoms with Crippen LogP contribution >= 0.6 is 0 Å². The van der Waals surface area contributed by atoms with Gasteiger partial charge >= 0.3 is 0 Å². The maximum absolute atomic E-state index is 12.5. The Morgan fingerprint density at radius 3 is 2.59 bits per heavy atom. The van der Waals surface area contributed by atoms with Gasteiger partial charge in [-0.25, -0.2) is 0 Å². The SMILES string of the molecule is C[C@H]1CCCN(S(=O)(=O)N2CCC[C@@H]2CN)C1. The Labute approximate surface area is 104 Å². The van der Waals surface area contributed by atoms with Gasteiger partial charge in [-0.3, -0.25) is 0 Å². The predicted molar refractivity (Wildman–Crippen MR) is 67.7 cm³/mol. The lowest BCUT2D eigenvalue weighted by Gasteiger charge is -2.34. The van der Waals surface area contributed by atoms with Crippen molar-refractivity contribution in [1.29, 1.82) is 0 Å². The summed E-state index contributed by atoms with van der Waals surface area (Å²) in [6.45, 7) is 4.51. The van der Waals surface area contributed by atoms with E-state index in [1.807, 2.05) is 0 Å². The molecule has 2 fully saturated rings. The van der Waals surface area contributed by atoms with Crippen LogP contribution in [0.1, 0.15) is 32.6 Å². The number of piperidine rings is 1. The molecule has 0 aliphatic carbocycles. The van der Waals surface area contributed by atoms with E-state index >= 15 is 0 Å². The normalized spacial score (nSPS) is 33.1. The molecule has 0 radical (unpaired) electrons. The Bertz CT molecular complexity index is 358. The van der Waals surface area contributed by atoms with Gasteiger partial charge < -0.3 is 5.73 Å². The van der Waals surface area contributed by atoms with Crippen LogP contribution < -0.4 is 5.73 Å². The molecule has 2 atom stereocenters. The van der Waals surface area contributed by atoms with Gasteiger partial charge in [0.05, 0.1) is 0 Å². The van der Waals surface area contributed by atoms with Crippen LogP contribution in [0.2, 0.25) is 0 Å². The van der Waals surface area contributed by atoms with Crippen molar-refractivity contribution in [3.63, 3.8) is 0 Å².